The highest BCUT2D eigenvalue weighted by molar-refractivity contribution is 5.92. The molecule has 1 fully saturated rings. The zero-order valence-electron chi connectivity index (χ0n) is 17.7. The number of nitrogens with one attached hydrogen (secondary N) is 2. The Balaban J connectivity index is 1.35. The predicted molar refractivity (Wildman–Crippen MR) is 117 cm³/mol. The Morgan fingerprint density at radius 2 is 1.78 bits per heavy atom. The van der Waals surface area contributed by atoms with E-state index >= 15 is 0 Å². The largest absolute Gasteiger partial charge is 0.433 e. The smallest absolute Gasteiger partial charge is 0.384 e. The van der Waals surface area contributed by atoms with Crippen LogP contribution < -0.4 is 10.6 Å². The van der Waals surface area contributed by atoms with Crippen molar-refractivity contribution in [3.05, 3.63) is 65.6 Å². The van der Waals surface area contributed by atoms with Crippen LogP contribution in [-0.2, 0) is 6.18 Å². The van der Waals surface area contributed by atoms with Crippen molar-refractivity contribution in [3.63, 3.8) is 0 Å². The lowest BCUT2D eigenvalue weighted by molar-refractivity contribution is -0.140. The number of nitrogens with zero attached hydrogens (tertiary/aromatic N) is 2. The molecule has 0 unspecified atom stereocenters. The van der Waals surface area contributed by atoms with E-state index in [-0.39, 0.29) is 11.9 Å². The molecular weight excluding hydrogens is 417 g/mol. The molecule has 0 saturated heterocycles. The standard InChI is InChI=1S/C24H25F3N4O/c1-15-5-4-8-20(29-15)23(32)30-17-11-9-16(10-12-17)14-28-21-13-22(24(25,26)27)31-19-7-3-2-6-18(19)21/h2-8,13,16-17H,9-12,14H2,1H3,(H,28,31)(H,30,32)/t16-,17+. The van der Waals surface area contributed by atoms with Crippen molar-refractivity contribution in [3.8, 4) is 0 Å². The molecule has 0 atom stereocenters. The van der Waals surface area contributed by atoms with Crippen LogP contribution in [0.4, 0.5) is 18.9 Å². The minimum Gasteiger partial charge on any atom is -0.384 e. The summed E-state index contributed by atoms with van der Waals surface area (Å²) in [4.78, 5) is 20.4. The molecule has 1 amide bonds. The van der Waals surface area contributed by atoms with Crippen LogP contribution in [0.1, 0.15) is 47.6 Å². The molecule has 1 aliphatic rings. The predicted octanol–water partition coefficient (Wildman–Crippen LogP) is 5.36. The van der Waals surface area contributed by atoms with Gasteiger partial charge in [-0.1, -0.05) is 24.3 Å². The summed E-state index contributed by atoms with van der Waals surface area (Å²) in [7, 11) is 0. The zero-order valence-corrected chi connectivity index (χ0v) is 17.7. The summed E-state index contributed by atoms with van der Waals surface area (Å²) >= 11 is 0. The number of anilines is 1. The minimum atomic E-state index is -4.50. The van der Waals surface area contributed by atoms with E-state index in [2.05, 4.69) is 20.6 Å². The van der Waals surface area contributed by atoms with Crippen molar-refractivity contribution in [1.82, 2.24) is 15.3 Å². The number of amides is 1. The van der Waals surface area contributed by atoms with E-state index in [0.29, 0.717) is 34.7 Å². The first-order chi connectivity index (χ1) is 15.3. The van der Waals surface area contributed by atoms with Crippen LogP contribution in [-0.4, -0.2) is 28.5 Å². The summed E-state index contributed by atoms with van der Waals surface area (Å²) in [5, 5.41) is 6.94. The number of hydrogen-bond acceptors (Lipinski definition) is 4. The van der Waals surface area contributed by atoms with Gasteiger partial charge in [0.25, 0.3) is 5.91 Å². The molecule has 1 aromatic carbocycles. The Morgan fingerprint density at radius 3 is 2.50 bits per heavy atom. The lowest BCUT2D eigenvalue weighted by atomic mass is 9.86. The molecule has 3 aromatic rings. The van der Waals surface area contributed by atoms with Gasteiger partial charge in [-0.15, -0.1) is 0 Å². The SMILES string of the molecule is Cc1cccc(C(=O)N[C@H]2CC[C@@H](CNc3cc(C(F)(F)F)nc4ccccc34)CC2)n1. The van der Waals surface area contributed by atoms with Gasteiger partial charge in [-0.05, 0) is 62.8 Å². The highest BCUT2D eigenvalue weighted by Crippen LogP contribution is 2.33. The number of aryl methyl sites for hydroxylation is 1. The van der Waals surface area contributed by atoms with Crippen LogP contribution in [0.3, 0.4) is 0 Å². The summed E-state index contributed by atoms with van der Waals surface area (Å²) in [6.07, 6.45) is -1.07. The van der Waals surface area contributed by atoms with Gasteiger partial charge in [0.15, 0.2) is 0 Å². The van der Waals surface area contributed by atoms with E-state index in [9.17, 15) is 18.0 Å². The molecule has 0 aliphatic heterocycles. The number of pyridine rings is 2. The third-order valence-corrected chi connectivity index (χ3v) is 5.89. The molecule has 5 nitrogen and oxygen atoms in total. The number of aromatic nitrogens is 2. The first kappa shape index (κ1) is 22.0. The van der Waals surface area contributed by atoms with Crippen LogP contribution in [0.5, 0.6) is 0 Å². The molecule has 4 rings (SSSR count). The van der Waals surface area contributed by atoms with E-state index in [4.69, 9.17) is 0 Å². The molecule has 1 aliphatic carbocycles. The topological polar surface area (TPSA) is 66.9 Å². The highest BCUT2D eigenvalue weighted by Gasteiger charge is 2.33. The van der Waals surface area contributed by atoms with E-state index in [1.165, 1.54) is 0 Å². The fraction of sp³-hybridized carbons (Fsp3) is 0.375. The molecule has 2 N–H and O–H groups in total. The molecule has 168 valence electrons. The van der Waals surface area contributed by atoms with Crippen molar-refractivity contribution in [2.24, 2.45) is 5.92 Å². The number of benzene rings is 1. The third kappa shape index (κ3) is 5.18. The van der Waals surface area contributed by atoms with Crippen molar-refractivity contribution < 1.29 is 18.0 Å². The second-order valence-electron chi connectivity index (χ2n) is 8.31. The number of para-hydroxylation sites is 1. The number of hydrogen-bond donors (Lipinski definition) is 2. The quantitative estimate of drug-likeness (QED) is 0.558. The molecule has 1 saturated carbocycles. The van der Waals surface area contributed by atoms with Crippen LogP contribution in [0, 0.1) is 12.8 Å². The molecule has 2 heterocycles. The van der Waals surface area contributed by atoms with Gasteiger partial charge in [-0.25, -0.2) is 9.97 Å². The van der Waals surface area contributed by atoms with E-state index in [1.54, 1.807) is 30.3 Å². The normalized spacial score (nSPS) is 19.0. The van der Waals surface area contributed by atoms with Crippen molar-refractivity contribution >= 4 is 22.5 Å². The Labute approximate surface area is 184 Å². The Morgan fingerprint density at radius 1 is 1.03 bits per heavy atom. The minimum absolute atomic E-state index is 0.0830. The lowest BCUT2D eigenvalue weighted by Crippen LogP contribution is -2.38. The summed E-state index contributed by atoms with van der Waals surface area (Å²) < 4.78 is 39.8. The average Bonchev–Trinajstić information content (AvgIpc) is 2.77. The first-order valence-electron chi connectivity index (χ1n) is 10.7. The van der Waals surface area contributed by atoms with Crippen LogP contribution in [0.2, 0.25) is 0 Å². The van der Waals surface area contributed by atoms with Gasteiger partial charge in [0, 0.05) is 29.4 Å². The maximum Gasteiger partial charge on any atom is 0.433 e. The van der Waals surface area contributed by atoms with Crippen molar-refractivity contribution in [2.45, 2.75) is 44.8 Å². The van der Waals surface area contributed by atoms with E-state index < -0.39 is 11.9 Å². The van der Waals surface area contributed by atoms with E-state index in [1.807, 2.05) is 19.1 Å². The van der Waals surface area contributed by atoms with Gasteiger partial charge >= 0.3 is 6.18 Å². The number of carbonyl (C=O) groups excluding carboxylic acids is 1. The van der Waals surface area contributed by atoms with Crippen LogP contribution in [0.15, 0.2) is 48.5 Å². The van der Waals surface area contributed by atoms with Gasteiger partial charge in [0.2, 0.25) is 0 Å². The second kappa shape index (κ2) is 9.14. The van der Waals surface area contributed by atoms with Crippen molar-refractivity contribution in [1.29, 1.82) is 0 Å². The van der Waals surface area contributed by atoms with Gasteiger partial charge in [-0.3, -0.25) is 4.79 Å². The summed E-state index contributed by atoms with van der Waals surface area (Å²) in [5.41, 5.74) is 1.09. The van der Waals surface area contributed by atoms with E-state index in [0.717, 1.165) is 37.4 Å². The van der Waals surface area contributed by atoms with Crippen LogP contribution in [0.25, 0.3) is 10.9 Å². The maximum absolute atomic E-state index is 13.3. The average molecular weight is 442 g/mol. The molecular formula is C24H25F3N4O. The molecule has 0 spiro atoms. The molecule has 32 heavy (non-hydrogen) atoms. The van der Waals surface area contributed by atoms with Gasteiger partial charge in [0.05, 0.1) is 5.52 Å². The summed E-state index contributed by atoms with van der Waals surface area (Å²) in [6.45, 7) is 2.42. The second-order valence-corrected chi connectivity index (χ2v) is 8.31. The Hall–Kier alpha value is -3.16. The molecule has 0 radical (unpaired) electrons. The molecule has 8 heteroatoms. The van der Waals surface area contributed by atoms with Crippen molar-refractivity contribution in [2.75, 3.05) is 11.9 Å². The van der Waals surface area contributed by atoms with Gasteiger partial charge in [-0.2, -0.15) is 13.2 Å². The first-order valence-corrected chi connectivity index (χ1v) is 10.7. The molecule has 0 bridgehead atoms. The fourth-order valence-electron chi connectivity index (χ4n) is 4.16. The number of fused-ring (bicyclic) bond motifs is 1. The number of halogens is 3. The van der Waals surface area contributed by atoms with Crippen LogP contribution >= 0.6 is 0 Å². The van der Waals surface area contributed by atoms with Gasteiger partial charge < -0.3 is 10.6 Å². The highest BCUT2D eigenvalue weighted by atomic mass is 19.4. The summed E-state index contributed by atoms with van der Waals surface area (Å²) in [5.74, 6) is 0.153. The summed E-state index contributed by atoms with van der Waals surface area (Å²) in [6, 6.07) is 13.4. The monoisotopic (exact) mass is 442 g/mol. The zero-order chi connectivity index (χ0) is 22.7. The third-order valence-electron chi connectivity index (χ3n) is 5.89. The number of rotatable bonds is 5. The van der Waals surface area contributed by atoms with Gasteiger partial charge in [0.1, 0.15) is 11.4 Å². The number of carbonyl (C=O) groups is 1. The Bertz CT molecular complexity index is 1110. The molecule has 2 aromatic heterocycles. The fourth-order valence-corrected chi connectivity index (χ4v) is 4.16. The Kier molecular flexibility index (Phi) is 6.30. The number of alkyl halides is 3. The maximum atomic E-state index is 13.3. The lowest BCUT2D eigenvalue weighted by Gasteiger charge is -2.29.